The quantitative estimate of drug-likeness (QED) is 0.570. The van der Waals surface area contributed by atoms with Crippen LogP contribution in [0.2, 0.25) is 0 Å². The summed E-state index contributed by atoms with van der Waals surface area (Å²) in [5, 5.41) is 10.5. The monoisotopic (exact) mass is 336 g/mol. The summed E-state index contributed by atoms with van der Waals surface area (Å²) in [6.07, 6.45) is 3.88. The Kier molecular flexibility index (Phi) is 4.74. The second-order valence-electron chi connectivity index (χ2n) is 5.89. The number of para-hydroxylation sites is 1. The molecule has 0 saturated heterocycles. The molecule has 2 heterocycles. The molecular formula is C18H20N6O. The fourth-order valence-corrected chi connectivity index (χ4v) is 2.94. The van der Waals surface area contributed by atoms with Crippen molar-refractivity contribution in [2.75, 3.05) is 18.5 Å². The highest BCUT2D eigenvalue weighted by Gasteiger charge is 2.28. The first-order chi connectivity index (χ1) is 12.1. The Morgan fingerprint density at radius 2 is 2.04 bits per heavy atom. The van der Waals surface area contributed by atoms with Crippen molar-refractivity contribution in [3.63, 3.8) is 0 Å². The Balaban J connectivity index is 1.73. The Morgan fingerprint density at radius 3 is 2.80 bits per heavy atom. The van der Waals surface area contributed by atoms with E-state index < -0.39 is 0 Å². The number of pyridine rings is 1. The zero-order valence-corrected chi connectivity index (χ0v) is 13.9. The maximum Gasteiger partial charge on any atom is 0.234 e. The molecule has 1 aromatic carbocycles. The van der Waals surface area contributed by atoms with Gasteiger partial charge in [0.05, 0.1) is 5.92 Å². The molecule has 2 aromatic rings. The number of amidine groups is 1. The second kappa shape index (κ2) is 7.12. The third kappa shape index (κ3) is 3.65. The van der Waals surface area contributed by atoms with Gasteiger partial charge in [-0.2, -0.15) is 4.99 Å². The number of aliphatic imine (C=N–C) groups is 1. The van der Waals surface area contributed by atoms with Crippen LogP contribution in [-0.4, -0.2) is 36.3 Å². The molecule has 128 valence electrons. The molecule has 1 aliphatic heterocycles. The molecule has 0 bridgehead atoms. The summed E-state index contributed by atoms with van der Waals surface area (Å²) >= 11 is 0. The average Bonchev–Trinajstić information content (AvgIpc) is 2.62. The van der Waals surface area contributed by atoms with Crippen molar-refractivity contribution in [3.05, 3.63) is 59.9 Å². The van der Waals surface area contributed by atoms with E-state index in [0.29, 0.717) is 12.0 Å². The summed E-state index contributed by atoms with van der Waals surface area (Å²) in [7, 11) is 2.01. The van der Waals surface area contributed by atoms with Crippen molar-refractivity contribution >= 4 is 23.4 Å². The van der Waals surface area contributed by atoms with E-state index in [0.717, 1.165) is 17.8 Å². The normalized spacial score (nSPS) is 16.9. The van der Waals surface area contributed by atoms with Crippen LogP contribution >= 0.6 is 0 Å². The summed E-state index contributed by atoms with van der Waals surface area (Å²) in [4.78, 5) is 22.6. The van der Waals surface area contributed by atoms with Gasteiger partial charge in [0.15, 0.2) is 0 Å². The lowest BCUT2D eigenvalue weighted by Gasteiger charge is -2.32. The van der Waals surface area contributed by atoms with E-state index in [2.05, 4.69) is 20.2 Å². The number of nitrogens with one attached hydrogen (secondary N) is 2. The maximum absolute atomic E-state index is 12.6. The van der Waals surface area contributed by atoms with Gasteiger partial charge in [0.25, 0.3) is 0 Å². The number of guanidine groups is 1. The summed E-state index contributed by atoms with van der Waals surface area (Å²) in [6, 6.07) is 11.2. The van der Waals surface area contributed by atoms with Crippen LogP contribution in [0.1, 0.15) is 23.5 Å². The minimum Gasteiger partial charge on any atom is -0.383 e. The van der Waals surface area contributed by atoms with E-state index in [1.165, 1.54) is 0 Å². The molecule has 1 aliphatic rings. The Hall–Kier alpha value is -3.22. The van der Waals surface area contributed by atoms with Gasteiger partial charge in [-0.15, -0.1) is 0 Å². The molecule has 7 heteroatoms. The lowest BCUT2D eigenvalue weighted by molar-refractivity contribution is -0.121. The number of anilines is 1. The molecule has 0 aliphatic carbocycles. The van der Waals surface area contributed by atoms with Crippen molar-refractivity contribution in [1.29, 1.82) is 5.41 Å². The van der Waals surface area contributed by atoms with Crippen LogP contribution in [0, 0.1) is 5.41 Å². The van der Waals surface area contributed by atoms with Crippen molar-refractivity contribution in [2.45, 2.75) is 12.3 Å². The molecule has 25 heavy (non-hydrogen) atoms. The second-order valence-corrected chi connectivity index (χ2v) is 5.89. The minimum absolute atomic E-state index is 0.163. The largest absolute Gasteiger partial charge is 0.383 e. The summed E-state index contributed by atoms with van der Waals surface area (Å²) in [6.45, 7) is 0.783. The van der Waals surface area contributed by atoms with Gasteiger partial charge in [0, 0.05) is 37.2 Å². The Labute approximate surface area is 146 Å². The van der Waals surface area contributed by atoms with Gasteiger partial charge >= 0.3 is 0 Å². The van der Waals surface area contributed by atoms with Crippen LogP contribution in [0.15, 0.2) is 53.8 Å². The van der Waals surface area contributed by atoms with Gasteiger partial charge in [0.1, 0.15) is 5.84 Å². The van der Waals surface area contributed by atoms with E-state index >= 15 is 0 Å². The number of aromatic nitrogens is 1. The number of carbonyl (C=O) groups is 1. The van der Waals surface area contributed by atoms with E-state index in [1.807, 2.05) is 31.3 Å². The van der Waals surface area contributed by atoms with E-state index in [4.69, 9.17) is 11.1 Å². The summed E-state index contributed by atoms with van der Waals surface area (Å²) in [5.74, 6) is -0.644. The lowest BCUT2D eigenvalue weighted by Crippen LogP contribution is -2.38. The third-order valence-electron chi connectivity index (χ3n) is 4.24. The SMILES string of the molecule is CN1CCC(C(=O)NC(=N)N=C(N)c2ccncc2)c2ccccc21. The average molecular weight is 336 g/mol. The number of carbonyl (C=O) groups excluding carboxylic acids is 1. The number of benzene rings is 1. The summed E-state index contributed by atoms with van der Waals surface area (Å²) in [5.41, 5.74) is 8.53. The number of nitrogens with two attached hydrogens (primary N) is 1. The topological polar surface area (TPSA) is 107 Å². The summed E-state index contributed by atoms with van der Waals surface area (Å²) < 4.78 is 0. The number of hydrogen-bond acceptors (Lipinski definition) is 4. The highest BCUT2D eigenvalue weighted by Crippen LogP contribution is 2.34. The van der Waals surface area contributed by atoms with E-state index in [-0.39, 0.29) is 23.6 Å². The molecule has 3 rings (SSSR count). The standard InChI is InChI=1S/C18H20N6O/c1-24-11-8-14(13-4-2-3-5-15(13)24)17(25)23-18(20)22-16(19)12-6-9-21-10-7-12/h2-7,9-10,14H,8,11H2,1H3,(H4,19,20,22,23,25). The molecule has 0 saturated carbocycles. The van der Waals surface area contributed by atoms with Gasteiger partial charge in [-0.05, 0) is 30.2 Å². The fourth-order valence-electron chi connectivity index (χ4n) is 2.94. The van der Waals surface area contributed by atoms with Gasteiger partial charge in [-0.3, -0.25) is 20.5 Å². The third-order valence-corrected chi connectivity index (χ3v) is 4.24. The molecule has 0 spiro atoms. The number of nitrogens with zero attached hydrogens (tertiary/aromatic N) is 3. The lowest BCUT2D eigenvalue weighted by atomic mass is 9.89. The first kappa shape index (κ1) is 16.6. The minimum atomic E-state index is -0.301. The molecule has 1 amide bonds. The molecule has 1 atom stereocenters. The van der Waals surface area contributed by atoms with Gasteiger partial charge in [-0.25, -0.2) is 0 Å². The molecule has 0 radical (unpaired) electrons. The Bertz CT molecular complexity index is 817. The van der Waals surface area contributed by atoms with E-state index in [1.54, 1.807) is 24.5 Å². The first-order valence-electron chi connectivity index (χ1n) is 8.00. The van der Waals surface area contributed by atoms with Crippen LogP contribution in [0.25, 0.3) is 0 Å². The predicted octanol–water partition coefficient (Wildman–Crippen LogP) is 1.46. The Morgan fingerprint density at radius 1 is 1.32 bits per heavy atom. The van der Waals surface area contributed by atoms with Gasteiger partial charge in [0.2, 0.25) is 11.9 Å². The van der Waals surface area contributed by atoms with Crippen LogP contribution in [-0.2, 0) is 4.79 Å². The fraction of sp³-hybridized carbons (Fsp3) is 0.222. The molecule has 7 nitrogen and oxygen atoms in total. The van der Waals surface area contributed by atoms with E-state index in [9.17, 15) is 4.79 Å². The smallest absolute Gasteiger partial charge is 0.234 e. The molecule has 1 unspecified atom stereocenters. The predicted molar refractivity (Wildman–Crippen MR) is 97.9 cm³/mol. The zero-order valence-electron chi connectivity index (χ0n) is 13.9. The zero-order chi connectivity index (χ0) is 17.8. The molecule has 4 N–H and O–H groups in total. The van der Waals surface area contributed by atoms with Crippen LogP contribution < -0.4 is 16.0 Å². The van der Waals surface area contributed by atoms with Crippen molar-refractivity contribution < 1.29 is 4.79 Å². The number of amides is 1. The number of fused-ring (bicyclic) bond motifs is 1. The molecule has 1 aromatic heterocycles. The van der Waals surface area contributed by atoms with Crippen molar-refractivity contribution in [1.82, 2.24) is 10.3 Å². The van der Waals surface area contributed by atoms with Crippen molar-refractivity contribution in [2.24, 2.45) is 10.7 Å². The van der Waals surface area contributed by atoms with Crippen LogP contribution in [0.5, 0.6) is 0 Å². The van der Waals surface area contributed by atoms with Crippen LogP contribution in [0.4, 0.5) is 5.69 Å². The maximum atomic E-state index is 12.6. The van der Waals surface area contributed by atoms with Crippen LogP contribution in [0.3, 0.4) is 0 Å². The number of rotatable bonds is 2. The van der Waals surface area contributed by atoms with Crippen molar-refractivity contribution in [3.8, 4) is 0 Å². The molecule has 0 fully saturated rings. The highest BCUT2D eigenvalue weighted by atomic mass is 16.2. The van der Waals surface area contributed by atoms with Gasteiger partial charge in [-0.1, -0.05) is 18.2 Å². The van der Waals surface area contributed by atoms with Gasteiger partial charge < -0.3 is 10.6 Å². The first-order valence-corrected chi connectivity index (χ1v) is 8.00. The highest BCUT2D eigenvalue weighted by molar-refractivity contribution is 6.08. The molecular weight excluding hydrogens is 316 g/mol. The number of hydrogen-bond donors (Lipinski definition) is 3.